The molecule has 1 aromatic carbocycles. The van der Waals surface area contributed by atoms with Crippen LogP contribution in [0.4, 0.5) is 5.82 Å². The van der Waals surface area contributed by atoms with Gasteiger partial charge in [-0.15, -0.1) is 5.10 Å². The highest BCUT2D eigenvalue weighted by atomic mass is 35.5. The minimum Gasteiger partial charge on any atom is -0.381 e. The number of rotatable bonds is 1. The second kappa shape index (κ2) is 3.71. The molecule has 0 saturated heterocycles. The van der Waals surface area contributed by atoms with Gasteiger partial charge >= 0.3 is 0 Å². The van der Waals surface area contributed by atoms with Crippen LogP contribution in [-0.2, 0) is 0 Å². The Labute approximate surface area is 102 Å². The highest BCUT2D eigenvalue weighted by Gasteiger charge is 2.08. The molecule has 0 bridgehead atoms. The number of hydrogen-bond donors (Lipinski definition) is 1. The maximum atomic E-state index is 5.89. The fraction of sp³-hybridized carbons (Fsp3) is 0. The number of hydrogen-bond acceptors (Lipinski definition) is 4. The van der Waals surface area contributed by atoms with Gasteiger partial charge in [-0.1, -0.05) is 29.8 Å². The van der Waals surface area contributed by atoms with Crippen LogP contribution in [0.15, 0.2) is 36.7 Å². The molecule has 0 aliphatic heterocycles. The molecule has 84 valence electrons. The summed E-state index contributed by atoms with van der Waals surface area (Å²) < 4.78 is 1.61. The molecule has 0 unspecified atom stereocenters. The molecule has 0 fully saturated rings. The van der Waals surface area contributed by atoms with E-state index in [0.29, 0.717) is 10.8 Å². The summed E-state index contributed by atoms with van der Waals surface area (Å²) in [6.45, 7) is 0. The normalized spacial score (nSPS) is 10.9. The lowest BCUT2D eigenvalue weighted by Crippen LogP contribution is -1.99. The van der Waals surface area contributed by atoms with Crippen LogP contribution in [0, 0.1) is 0 Å². The maximum absolute atomic E-state index is 5.89. The fourth-order valence-electron chi connectivity index (χ4n) is 1.66. The van der Waals surface area contributed by atoms with Crippen molar-refractivity contribution in [2.45, 2.75) is 0 Å². The molecular formula is C11H8ClN5. The Kier molecular flexibility index (Phi) is 2.19. The zero-order chi connectivity index (χ0) is 11.8. The van der Waals surface area contributed by atoms with Crippen LogP contribution in [0.5, 0.6) is 0 Å². The summed E-state index contributed by atoms with van der Waals surface area (Å²) in [5, 5.41) is 13.5. The van der Waals surface area contributed by atoms with E-state index in [1.54, 1.807) is 17.1 Å². The first-order chi connectivity index (χ1) is 8.25. The number of nitrogens with two attached hydrogens (primary N) is 1. The monoisotopic (exact) mass is 245 g/mol. The van der Waals surface area contributed by atoms with Gasteiger partial charge in [-0.3, -0.25) is 0 Å². The van der Waals surface area contributed by atoms with Crippen molar-refractivity contribution in [1.29, 1.82) is 0 Å². The summed E-state index contributed by atoms with van der Waals surface area (Å²) in [5.41, 5.74) is 7.22. The van der Waals surface area contributed by atoms with Gasteiger partial charge in [-0.2, -0.15) is 10.2 Å². The molecule has 3 aromatic rings. The zero-order valence-electron chi connectivity index (χ0n) is 8.71. The van der Waals surface area contributed by atoms with E-state index in [4.69, 9.17) is 17.3 Å². The van der Waals surface area contributed by atoms with E-state index in [0.717, 1.165) is 16.6 Å². The van der Waals surface area contributed by atoms with Crippen molar-refractivity contribution in [2.75, 3.05) is 5.73 Å². The Hall–Kier alpha value is -2.14. The van der Waals surface area contributed by atoms with Crippen LogP contribution in [0.25, 0.3) is 16.6 Å². The van der Waals surface area contributed by atoms with Crippen LogP contribution in [0.1, 0.15) is 0 Å². The average Bonchev–Trinajstić information content (AvgIpc) is 2.69. The molecule has 0 spiro atoms. The molecule has 0 aliphatic carbocycles. The molecule has 0 aliphatic rings. The lowest BCUT2D eigenvalue weighted by atomic mass is 10.2. The molecule has 2 aromatic heterocycles. The maximum Gasteiger partial charge on any atom is 0.164 e. The van der Waals surface area contributed by atoms with Gasteiger partial charge in [0, 0.05) is 5.39 Å². The molecule has 17 heavy (non-hydrogen) atoms. The minimum atomic E-state index is 0.299. The van der Waals surface area contributed by atoms with Crippen molar-refractivity contribution in [2.24, 2.45) is 0 Å². The largest absolute Gasteiger partial charge is 0.381 e. The number of anilines is 1. The number of fused-ring (bicyclic) bond motifs is 1. The SMILES string of the molecule is Nc1nn(-c2cnnc3ccccc23)cc1Cl. The van der Waals surface area contributed by atoms with Crippen molar-refractivity contribution in [3.05, 3.63) is 41.7 Å². The van der Waals surface area contributed by atoms with Gasteiger partial charge in [0.1, 0.15) is 5.02 Å². The topological polar surface area (TPSA) is 69.6 Å². The Bertz CT molecular complexity index is 666. The van der Waals surface area contributed by atoms with Crippen molar-refractivity contribution >= 4 is 28.3 Å². The van der Waals surface area contributed by atoms with E-state index in [1.807, 2.05) is 24.3 Å². The van der Waals surface area contributed by atoms with Gasteiger partial charge in [0.25, 0.3) is 0 Å². The van der Waals surface area contributed by atoms with Crippen LogP contribution in [-0.4, -0.2) is 20.0 Å². The van der Waals surface area contributed by atoms with E-state index in [9.17, 15) is 0 Å². The molecule has 0 saturated carbocycles. The van der Waals surface area contributed by atoms with Gasteiger partial charge in [-0.05, 0) is 6.07 Å². The third-order valence-corrected chi connectivity index (χ3v) is 2.76. The molecule has 2 heterocycles. The summed E-state index contributed by atoms with van der Waals surface area (Å²) >= 11 is 5.89. The minimum absolute atomic E-state index is 0.299. The highest BCUT2D eigenvalue weighted by Crippen LogP contribution is 2.22. The summed E-state index contributed by atoms with van der Waals surface area (Å²) in [5.74, 6) is 0.299. The Balaban J connectivity index is 2.30. The molecule has 0 radical (unpaired) electrons. The van der Waals surface area contributed by atoms with E-state index in [1.165, 1.54) is 0 Å². The number of halogens is 1. The molecule has 0 amide bonds. The molecular weight excluding hydrogens is 238 g/mol. The Morgan fingerprint density at radius 1 is 1.24 bits per heavy atom. The van der Waals surface area contributed by atoms with Crippen LogP contribution in [0.2, 0.25) is 5.02 Å². The Morgan fingerprint density at radius 2 is 2.06 bits per heavy atom. The smallest absolute Gasteiger partial charge is 0.164 e. The van der Waals surface area contributed by atoms with Gasteiger partial charge in [0.2, 0.25) is 0 Å². The second-order valence-corrected chi connectivity index (χ2v) is 3.96. The number of aromatic nitrogens is 4. The van der Waals surface area contributed by atoms with Crippen LogP contribution >= 0.6 is 11.6 Å². The number of nitrogen functional groups attached to an aromatic ring is 1. The predicted octanol–water partition coefficient (Wildman–Crippen LogP) is 2.05. The average molecular weight is 246 g/mol. The van der Waals surface area contributed by atoms with E-state index in [-0.39, 0.29) is 0 Å². The summed E-state index contributed by atoms with van der Waals surface area (Å²) in [6.07, 6.45) is 3.28. The van der Waals surface area contributed by atoms with Gasteiger partial charge in [0.15, 0.2) is 5.82 Å². The molecule has 2 N–H and O–H groups in total. The summed E-state index contributed by atoms with van der Waals surface area (Å²) in [6, 6.07) is 7.68. The Morgan fingerprint density at radius 3 is 2.82 bits per heavy atom. The van der Waals surface area contributed by atoms with Gasteiger partial charge in [0.05, 0.1) is 23.6 Å². The van der Waals surface area contributed by atoms with Gasteiger partial charge < -0.3 is 5.73 Å². The molecule has 0 atom stereocenters. The fourth-order valence-corrected chi connectivity index (χ4v) is 1.80. The third kappa shape index (κ3) is 1.60. The van der Waals surface area contributed by atoms with Crippen molar-refractivity contribution < 1.29 is 0 Å². The predicted molar refractivity (Wildman–Crippen MR) is 66.1 cm³/mol. The zero-order valence-corrected chi connectivity index (χ0v) is 9.46. The first kappa shape index (κ1) is 10.0. The molecule has 5 nitrogen and oxygen atoms in total. The van der Waals surface area contributed by atoms with Gasteiger partial charge in [-0.25, -0.2) is 4.68 Å². The first-order valence-electron chi connectivity index (χ1n) is 4.97. The standard InChI is InChI=1S/C11H8ClN5/c12-8-6-17(16-11(8)13)10-5-14-15-9-4-2-1-3-7(9)10/h1-6H,(H2,13,16). The number of benzene rings is 1. The summed E-state index contributed by atoms with van der Waals surface area (Å²) in [7, 11) is 0. The van der Waals surface area contributed by atoms with E-state index in [2.05, 4.69) is 15.3 Å². The van der Waals surface area contributed by atoms with Crippen molar-refractivity contribution in [3.8, 4) is 5.69 Å². The molecule has 6 heteroatoms. The lowest BCUT2D eigenvalue weighted by Gasteiger charge is -2.03. The van der Waals surface area contributed by atoms with Crippen molar-refractivity contribution in [3.63, 3.8) is 0 Å². The van der Waals surface area contributed by atoms with E-state index >= 15 is 0 Å². The molecule has 3 rings (SSSR count). The summed E-state index contributed by atoms with van der Waals surface area (Å²) in [4.78, 5) is 0. The number of nitrogens with zero attached hydrogens (tertiary/aromatic N) is 4. The van der Waals surface area contributed by atoms with Crippen molar-refractivity contribution in [1.82, 2.24) is 20.0 Å². The highest BCUT2D eigenvalue weighted by molar-refractivity contribution is 6.32. The second-order valence-electron chi connectivity index (χ2n) is 3.55. The third-order valence-electron chi connectivity index (χ3n) is 2.47. The quantitative estimate of drug-likeness (QED) is 0.712. The first-order valence-corrected chi connectivity index (χ1v) is 5.35. The van der Waals surface area contributed by atoms with E-state index < -0.39 is 0 Å². The van der Waals surface area contributed by atoms with Crippen LogP contribution < -0.4 is 5.73 Å². The van der Waals surface area contributed by atoms with Crippen LogP contribution in [0.3, 0.4) is 0 Å². The lowest BCUT2D eigenvalue weighted by molar-refractivity contribution is 0.878.